The van der Waals surface area contributed by atoms with Gasteiger partial charge in [0.2, 0.25) is 12.2 Å². The monoisotopic (exact) mass is 580 g/mol. The van der Waals surface area contributed by atoms with E-state index in [1.165, 1.54) is 25.1 Å². The number of benzene rings is 1. The molecule has 0 spiro atoms. The van der Waals surface area contributed by atoms with E-state index in [4.69, 9.17) is 18.5 Å². The molecule has 40 heavy (non-hydrogen) atoms. The van der Waals surface area contributed by atoms with Crippen LogP contribution in [0.2, 0.25) is 0 Å². The zero-order valence-corrected chi connectivity index (χ0v) is 22.7. The van der Waals surface area contributed by atoms with Crippen LogP contribution in [0.25, 0.3) is 0 Å². The van der Waals surface area contributed by atoms with E-state index < -0.39 is 55.6 Å². The number of hydrogen-bond donors (Lipinski definition) is 3. The lowest BCUT2D eigenvalue weighted by atomic mass is 10.0. The number of aromatic nitrogens is 2. The SMILES string of the molecule is C[C@@H]1NP(=O)(Oc2ccccc2)OC2OC(n3ccc(nc3=O)NC(=O)CC/C=C/CCOC1=O)[C@](C)(F)[C@@H]2O. The van der Waals surface area contributed by atoms with E-state index in [0.717, 1.165) is 17.7 Å². The van der Waals surface area contributed by atoms with Gasteiger partial charge in [-0.2, -0.15) is 10.1 Å². The Morgan fingerprint density at radius 1 is 1.18 bits per heavy atom. The van der Waals surface area contributed by atoms with Gasteiger partial charge >= 0.3 is 19.4 Å². The number of carbonyl (C=O) groups is 2. The van der Waals surface area contributed by atoms with Gasteiger partial charge in [0.15, 0.2) is 11.9 Å². The van der Waals surface area contributed by atoms with Gasteiger partial charge in [-0.3, -0.25) is 18.7 Å². The number of hydrogen-bond acceptors (Lipinski definition) is 10. The number of fused-ring (bicyclic) bond motifs is 14. The molecule has 4 bridgehead atoms. The molecule has 0 saturated carbocycles. The highest BCUT2D eigenvalue weighted by molar-refractivity contribution is 7.52. The Morgan fingerprint density at radius 2 is 1.90 bits per heavy atom. The van der Waals surface area contributed by atoms with Gasteiger partial charge < -0.3 is 24.4 Å². The summed E-state index contributed by atoms with van der Waals surface area (Å²) in [5.74, 6) is -1.16. The number of halogens is 1. The molecular formula is C25H30FN4O9P. The summed E-state index contributed by atoms with van der Waals surface area (Å²) >= 11 is 0. The lowest BCUT2D eigenvalue weighted by molar-refractivity contribution is -0.146. The maximum Gasteiger partial charge on any atom is 0.461 e. The summed E-state index contributed by atoms with van der Waals surface area (Å²) in [5.41, 5.74) is -3.62. The molecule has 1 fully saturated rings. The summed E-state index contributed by atoms with van der Waals surface area (Å²) in [4.78, 5) is 41.3. The molecule has 3 N–H and O–H groups in total. The second kappa shape index (κ2) is 12.4. The van der Waals surface area contributed by atoms with Crippen LogP contribution >= 0.6 is 7.75 Å². The highest BCUT2D eigenvalue weighted by Crippen LogP contribution is 2.51. The summed E-state index contributed by atoms with van der Waals surface area (Å²) in [6.45, 7) is 2.33. The fourth-order valence-electron chi connectivity index (χ4n) is 3.96. The first-order valence-corrected chi connectivity index (χ1v) is 14.1. The lowest BCUT2D eigenvalue weighted by Crippen LogP contribution is -2.43. The van der Waals surface area contributed by atoms with E-state index in [-0.39, 0.29) is 24.6 Å². The summed E-state index contributed by atoms with van der Waals surface area (Å²) in [6, 6.07) is 7.88. The van der Waals surface area contributed by atoms with Crippen LogP contribution in [0.5, 0.6) is 5.75 Å². The molecule has 5 rings (SSSR count). The van der Waals surface area contributed by atoms with Crippen LogP contribution in [0.1, 0.15) is 39.3 Å². The van der Waals surface area contributed by atoms with Crippen molar-refractivity contribution in [1.82, 2.24) is 14.6 Å². The molecule has 1 aromatic heterocycles. The van der Waals surface area contributed by atoms with Crippen molar-refractivity contribution >= 4 is 25.4 Å². The molecule has 3 aliphatic rings. The topological polar surface area (TPSA) is 167 Å². The summed E-state index contributed by atoms with van der Waals surface area (Å²) in [6.07, 6.45) is -0.282. The second-order valence-electron chi connectivity index (χ2n) is 9.33. The van der Waals surface area contributed by atoms with Gasteiger partial charge in [-0.25, -0.2) is 13.8 Å². The number of carbonyl (C=O) groups excluding carboxylic acids is 2. The first kappa shape index (κ1) is 29.6. The molecule has 1 saturated heterocycles. The number of allylic oxidation sites excluding steroid dienone is 1. The predicted octanol–water partition coefficient (Wildman–Crippen LogP) is 2.59. The molecule has 0 radical (unpaired) electrons. The molecule has 1 aromatic carbocycles. The average molecular weight is 581 g/mol. The van der Waals surface area contributed by atoms with Crippen LogP contribution < -0.4 is 20.6 Å². The Balaban J connectivity index is 1.67. The van der Waals surface area contributed by atoms with E-state index in [2.05, 4.69) is 15.4 Å². The minimum absolute atomic E-state index is 0.00410. The van der Waals surface area contributed by atoms with Crippen molar-refractivity contribution in [3.8, 4) is 5.75 Å². The van der Waals surface area contributed by atoms with Crippen molar-refractivity contribution in [2.45, 2.75) is 63.4 Å². The standard InChI is InChI=1S/C25H30FN4O9P/c1-16-21(33)36-15-9-4-3-8-12-19(31)27-18-13-14-30(24(34)28-18)23-25(2,26)20(32)22(37-23)39-40(35,29-16)38-17-10-6-5-7-11-17/h3-7,10-11,13-14,16,20,22-23,32H,8-9,12,15H2,1-2H3,(H,29,35)(H,27,28,31,34)/b4-3+/t16-,20+,22?,23?,25+,40?/m0/s1. The number of rotatable bonds is 2. The van der Waals surface area contributed by atoms with E-state index in [1.807, 2.05) is 0 Å². The van der Waals surface area contributed by atoms with E-state index in [1.54, 1.807) is 30.4 Å². The second-order valence-corrected chi connectivity index (χ2v) is 11.0. The minimum Gasteiger partial charge on any atom is -0.464 e. The van der Waals surface area contributed by atoms with E-state index in [0.29, 0.717) is 12.8 Å². The largest absolute Gasteiger partial charge is 0.464 e. The first-order chi connectivity index (χ1) is 19.0. The highest BCUT2D eigenvalue weighted by Gasteiger charge is 2.58. The van der Waals surface area contributed by atoms with Gasteiger partial charge in [0.25, 0.3) is 0 Å². The lowest BCUT2D eigenvalue weighted by Gasteiger charge is -2.26. The smallest absolute Gasteiger partial charge is 0.461 e. The van der Waals surface area contributed by atoms with Gasteiger partial charge in [-0.15, -0.1) is 0 Å². The number of nitrogens with zero attached hydrogens (tertiary/aromatic N) is 2. The van der Waals surface area contributed by atoms with Crippen LogP contribution in [-0.4, -0.2) is 57.2 Å². The Hall–Kier alpha value is -3.42. The third-order valence-corrected chi connectivity index (χ3v) is 7.72. The van der Waals surface area contributed by atoms with Gasteiger partial charge in [-0.05, 0) is 44.9 Å². The molecule has 3 aliphatic heterocycles. The van der Waals surface area contributed by atoms with Crippen molar-refractivity contribution in [1.29, 1.82) is 0 Å². The van der Waals surface area contributed by atoms with Crippen LogP contribution in [0.15, 0.2) is 59.5 Å². The number of nitrogens with one attached hydrogen (secondary N) is 2. The number of anilines is 1. The van der Waals surface area contributed by atoms with Crippen LogP contribution in [0.3, 0.4) is 0 Å². The van der Waals surface area contributed by atoms with Gasteiger partial charge in [0.1, 0.15) is 23.7 Å². The third kappa shape index (κ3) is 7.01. The molecule has 6 atom stereocenters. The number of alkyl halides is 1. The fraction of sp³-hybridized carbons (Fsp3) is 0.440. The number of para-hydroxylation sites is 1. The zero-order chi connectivity index (χ0) is 28.9. The van der Waals surface area contributed by atoms with Gasteiger partial charge in [-0.1, -0.05) is 30.4 Å². The first-order valence-electron chi connectivity index (χ1n) is 12.5. The number of aliphatic hydroxyl groups excluding tert-OH is 1. The van der Waals surface area contributed by atoms with Crippen LogP contribution in [-0.2, 0) is 28.2 Å². The quantitative estimate of drug-likeness (QED) is 0.271. The van der Waals surface area contributed by atoms with E-state index >= 15 is 4.39 Å². The molecule has 13 nitrogen and oxygen atoms in total. The number of esters is 1. The van der Waals surface area contributed by atoms with Crippen molar-refractivity contribution < 1.29 is 42.2 Å². The normalized spacial score (nSPS) is 32.9. The van der Waals surface area contributed by atoms with Crippen LogP contribution in [0.4, 0.5) is 10.2 Å². The van der Waals surface area contributed by atoms with Crippen molar-refractivity contribution in [3.05, 3.63) is 65.2 Å². The third-order valence-electron chi connectivity index (χ3n) is 6.08. The number of aliphatic hydroxyl groups is 1. The Labute approximate surface area is 228 Å². The van der Waals surface area contributed by atoms with Crippen molar-refractivity contribution in [3.63, 3.8) is 0 Å². The molecule has 1 amide bonds. The summed E-state index contributed by atoms with van der Waals surface area (Å²) in [5, 5.41) is 15.7. The molecular weight excluding hydrogens is 550 g/mol. The van der Waals surface area contributed by atoms with Crippen molar-refractivity contribution in [2.75, 3.05) is 11.9 Å². The molecule has 2 aromatic rings. The Morgan fingerprint density at radius 3 is 2.62 bits per heavy atom. The average Bonchev–Trinajstić information content (AvgIpc) is 3.11. The molecule has 3 unspecified atom stereocenters. The predicted molar refractivity (Wildman–Crippen MR) is 139 cm³/mol. The molecule has 15 heteroatoms. The minimum atomic E-state index is -4.55. The number of amides is 1. The van der Waals surface area contributed by atoms with Gasteiger partial charge in [0.05, 0.1) is 6.61 Å². The van der Waals surface area contributed by atoms with Gasteiger partial charge in [0, 0.05) is 12.6 Å². The number of ether oxygens (including phenoxy) is 2. The maximum absolute atomic E-state index is 15.8. The fourth-order valence-corrected chi connectivity index (χ4v) is 5.53. The van der Waals surface area contributed by atoms with Crippen molar-refractivity contribution in [2.24, 2.45) is 0 Å². The zero-order valence-electron chi connectivity index (χ0n) is 21.8. The molecule has 4 heterocycles. The van der Waals surface area contributed by atoms with E-state index in [9.17, 15) is 24.1 Å². The highest BCUT2D eigenvalue weighted by atomic mass is 31.2. The Bertz CT molecular complexity index is 1350. The summed E-state index contributed by atoms with van der Waals surface area (Å²) < 4.78 is 52.2. The molecule has 0 aliphatic carbocycles. The Kier molecular flexibility index (Phi) is 9.16. The van der Waals surface area contributed by atoms with Crippen LogP contribution in [0, 0.1) is 0 Å². The summed E-state index contributed by atoms with van der Waals surface area (Å²) in [7, 11) is -4.55. The maximum atomic E-state index is 15.8. The molecule has 216 valence electrons.